The van der Waals surface area contributed by atoms with Gasteiger partial charge in [-0.05, 0) is 25.7 Å². The van der Waals surface area contributed by atoms with Crippen molar-refractivity contribution in [2.75, 3.05) is 6.61 Å². The van der Waals surface area contributed by atoms with Gasteiger partial charge in [0.05, 0.1) is 12.3 Å². The molecule has 0 bridgehead atoms. The fourth-order valence-electron chi connectivity index (χ4n) is 1.75. The van der Waals surface area contributed by atoms with Crippen LogP contribution in [0.4, 0.5) is 0 Å². The van der Waals surface area contributed by atoms with Gasteiger partial charge in [0.25, 0.3) is 11.5 Å². The fraction of sp³-hybridized carbons (Fsp3) is 0.615. The fourth-order valence-corrected chi connectivity index (χ4v) is 1.75. The zero-order valence-electron chi connectivity index (χ0n) is 11.4. The first-order valence-corrected chi connectivity index (χ1v) is 6.52. The van der Waals surface area contributed by atoms with Gasteiger partial charge < -0.3 is 4.98 Å². The lowest BCUT2D eigenvalue weighted by Gasteiger charge is -2.09. The first-order valence-electron chi connectivity index (χ1n) is 6.52. The van der Waals surface area contributed by atoms with Gasteiger partial charge in [-0.1, -0.05) is 13.8 Å². The van der Waals surface area contributed by atoms with Gasteiger partial charge in [0.2, 0.25) is 0 Å². The molecule has 0 saturated heterocycles. The summed E-state index contributed by atoms with van der Waals surface area (Å²) in [7, 11) is 0. The molecule has 1 amide bonds. The molecule has 1 aliphatic carbocycles. The van der Waals surface area contributed by atoms with Gasteiger partial charge in [-0.25, -0.2) is 10.5 Å². The Labute approximate surface area is 111 Å². The summed E-state index contributed by atoms with van der Waals surface area (Å²) in [6.07, 6.45) is 2.09. The van der Waals surface area contributed by atoms with Crippen LogP contribution in [0, 0.1) is 12.8 Å². The lowest BCUT2D eigenvalue weighted by atomic mass is 10.2. The lowest BCUT2D eigenvalue weighted by Crippen LogP contribution is -2.33. The van der Waals surface area contributed by atoms with Crippen molar-refractivity contribution >= 4 is 5.91 Å². The number of H-pyrrole nitrogens is 1. The van der Waals surface area contributed by atoms with Gasteiger partial charge in [0.15, 0.2) is 0 Å². The van der Waals surface area contributed by atoms with Crippen molar-refractivity contribution in [3.8, 4) is 0 Å². The second-order valence-electron chi connectivity index (χ2n) is 5.32. The number of amides is 1. The normalized spacial score (nSPS) is 14.7. The van der Waals surface area contributed by atoms with E-state index in [0.717, 1.165) is 12.8 Å². The second kappa shape index (κ2) is 5.52. The zero-order chi connectivity index (χ0) is 14.0. The first-order chi connectivity index (χ1) is 8.99. The molecule has 1 aromatic rings. The number of aromatic amines is 1. The standard InChI is InChI=1S/C13H19N3O3/c1-7(2)6-19-16-13(18)10-8(3)14-11(9-4-5-9)15-12(10)17/h7,9H,4-6H2,1-3H3,(H,16,18)(H,14,15,17). The number of carbonyl (C=O) groups excluding carboxylic acids is 1. The van der Waals surface area contributed by atoms with E-state index in [0.29, 0.717) is 30.0 Å². The Morgan fingerprint density at radius 1 is 1.53 bits per heavy atom. The van der Waals surface area contributed by atoms with Crippen LogP contribution in [0.25, 0.3) is 0 Å². The molecule has 0 unspecified atom stereocenters. The summed E-state index contributed by atoms with van der Waals surface area (Å²) in [5.41, 5.74) is 2.34. The van der Waals surface area contributed by atoms with E-state index in [4.69, 9.17) is 4.84 Å². The van der Waals surface area contributed by atoms with Crippen LogP contribution in [0.15, 0.2) is 4.79 Å². The maximum Gasteiger partial charge on any atom is 0.282 e. The summed E-state index contributed by atoms with van der Waals surface area (Å²) in [5, 5.41) is 0. The van der Waals surface area contributed by atoms with E-state index in [1.165, 1.54) is 0 Å². The third-order valence-electron chi connectivity index (χ3n) is 2.89. The van der Waals surface area contributed by atoms with Crippen LogP contribution in [0.5, 0.6) is 0 Å². The largest absolute Gasteiger partial charge is 0.310 e. The van der Waals surface area contributed by atoms with Crippen molar-refractivity contribution in [3.05, 3.63) is 27.4 Å². The number of aromatic nitrogens is 2. The molecule has 1 fully saturated rings. The van der Waals surface area contributed by atoms with E-state index < -0.39 is 11.5 Å². The molecular formula is C13H19N3O3. The lowest BCUT2D eigenvalue weighted by molar-refractivity contribution is 0.0206. The molecule has 0 spiro atoms. The molecular weight excluding hydrogens is 246 g/mol. The quantitative estimate of drug-likeness (QED) is 0.785. The number of nitrogens with zero attached hydrogens (tertiary/aromatic N) is 1. The Hall–Kier alpha value is -1.69. The molecule has 0 aliphatic heterocycles. The van der Waals surface area contributed by atoms with Crippen LogP contribution < -0.4 is 11.0 Å². The third-order valence-corrected chi connectivity index (χ3v) is 2.89. The van der Waals surface area contributed by atoms with Gasteiger partial charge in [0, 0.05) is 5.92 Å². The van der Waals surface area contributed by atoms with Gasteiger partial charge >= 0.3 is 0 Å². The minimum Gasteiger partial charge on any atom is -0.310 e. The van der Waals surface area contributed by atoms with E-state index in [1.807, 2.05) is 13.8 Å². The van der Waals surface area contributed by atoms with E-state index >= 15 is 0 Å². The van der Waals surface area contributed by atoms with Crippen LogP contribution in [-0.4, -0.2) is 22.5 Å². The molecule has 0 atom stereocenters. The van der Waals surface area contributed by atoms with Gasteiger partial charge in [-0.15, -0.1) is 0 Å². The van der Waals surface area contributed by atoms with Crippen molar-refractivity contribution in [2.24, 2.45) is 5.92 Å². The molecule has 1 aliphatic rings. The molecule has 0 radical (unpaired) electrons. The molecule has 0 aromatic carbocycles. The third kappa shape index (κ3) is 3.41. The highest BCUT2D eigenvalue weighted by Crippen LogP contribution is 2.37. The molecule has 2 rings (SSSR count). The Bertz CT molecular complexity index is 532. The number of aryl methyl sites for hydroxylation is 1. The number of carbonyl (C=O) groups is 1. The van der Waals surface area contributed by atoms with E-state index in [1.54, 1.807) is 6.92 Å². The minimum atomic E-state index is -0.547. The Morgan fingerprint density at radius 3 is 2.74 bits per heavy atom. The number of hydrogen-bond donors (Lipinski definition) is 2. The highest BCUT2D eigenvalue weighted by molar-refractivity contribution is 5.94. The van der Waals surface area contributed by atoms with Crippen LogP contribution in [0.3, 0.4) is 0 Å². The Kier molecular flexibility index (Phi) is 3.99. The van der Waals surface area contributed by atoms with Crippen molar-refractivity contribution in [1.82, 2.24) is 15.4 Å². The summed E-state index contributed by atoms with van der Waals surface area (Å²) in [6, 6.07) is 0. The van der Waals surface area contributed by atoms with Crippen molar-refractivity contribution < 1.29 is 9.63 Å². The van der Waals surface area contributed by atoms with Crippen LogP contribution in [0.2, 0.25) is 0 Å². The van der Waals surface area contributed by atoms with E-state index in [-0.39, 0.29) is 5.56 Å². The van der Waals surface area contributed by atoms with Crippen LogP contribution >= 0.6 is 0 Å². The maximum atomic E-state index is 11.9. The van der Waals surface area contributed by atoms with Crippen LogP contribution in [-0.2, 0) is 4.84 Å². The summed E-state index contributed by atoms with van der Waals surface area (Å²) in [6.45, 7) is 6.00. The Morgan fingerprint density at radius 2 is 2.21 bits per heavy atom. The average Bonchev–Trinajstić information content (AvgIpc) is 3.10. The smallest absolute Gasteiger partial charge is 0.282 e. The van der Waals surface area contributed by atoms with Gasteiger partial charge in [0.1, 0.15) is 11.4 Å². The Balaban J connectivity index is 2.10. The van der Waals surface area contributed by atoms with Gasteiger partial charge in [-0.2, -0.15) is 0 Å². The highest BCUT2D eigenvalue weighted by atomic mass is 16.6. The number of nitrogens with one attached hydrogen (secondary N) is 2. The monoisotopic (exact) mass is 265 g/mol. The number of hydrogen-bond acceptors (Lipinski definition) is 4. The molecule has 1 aromatic heterocycles. The first kappa shape index (κ1) is 13.7. The van der Waals surface area contributed by atoms with Gasteiger partial charge in [-0.3, -0.25) is 14.4 Å². The average molecular weight is 265 g/mol. The zero-order valence-corrected chi connectivity index (χ0v) is 11.4. The molecule has 19 heavy (non-hydrogen) atoms. The maximum absolute atomic E-state index is 11.9. The van der Waals surface area contributed by atoms with Crippen molar-refractivity contribution in [2.45, 2.75) is 39.5 Å². The molecule has 6 heteroatoms. The minimum absolute atomic E-state index is 0.0214. The summed E-state index contributed by atoms with van der Waals surface area (Å²) < 4.78 is 0. The number of hydroxylamine groups is 1. The SMILES string of the molecule is Cc1nc(C2CC2)[nH]c(=O)c1C(=O)NOCC(C)C. The van der Waals surface area contributed by atoms with Crippen LogP contribution in [0.1, 0.15) is 54.5 Å². The summed E-state index contributed by atoms with van der Waals surface area (Å²) in [5.74, 6) is 0.784. The van der Waals surface area contributed by atoms with E-state index in [2.05, 4.69) is 15.4 Å². The topological polar surface area (TPSA) is 84.1 Å². The molecule has 6 nitrogen and oxygen atoms in total. The predicted octanol–water partition coefficient (Wildman–Crippen LogP) is 1.27. The second-order valence-corrected chi connectivity index (χ2v) is 5.32. The molecule has 1 saturated carbocycles. The molecule has 104 valence electrons. The van der Waals surface area contributed by atoms with Crippen molar-refractivity contribution in [3.63, 3.8) is 0 Å². The van der Waals surface area contributed by atoms with E-state index in [9.17, 15) is 9.59 Å². The summed E-state index contributed by atoms with van der Waals surface area (Å²) >= 11 is 0. The summed E-state index contributed by atoms with van der Waals surface area (Å²) in [4.78, 5) is 35.8. The van der Waals surface area contributed by atoms with Crippen molar-refractivity contribution in [1.29, 1.82) is 0 Å². The highest BCUT2D eigenvalue weighted by Gasteiger charge is 2.28. The molecule has 1 heterocycles. The number of rotatable bonds is 5. The molecule has 2 N–H and O–H groups in total. The predicted molar refractivity (Wildman–Crippen MR) is 69.8 cm³/mol.